The van der Waals surface area contributed by atoms with Gasteiger partial charge in [-0.1, -0.05) is 0 Å². The first kappa shape index (κ1) is 15.6. The number of furan rings is 1. The number of amides is 1. The number of carbonyl (C=O) groups is 1. The molecule has 116 valence electrons. The van der Waals surface area contributed by atoms with Gasteiger partial charge in [0.1, 0.15) is 11.5 Å². The van der Waals surface area contributed by atoms with Crippen LogP contribution in [-0.2, 0) is 0 Å². The minimum Gasteiger partial charge on any atom is -0.494 e. The number of hydrogen-bond acceptors (Lipinski definition) is 5. The lowest BCUT2D eigenvalue weighted by Crippen LogP contribution is -2.17. The summed E-state index contributed by atoms with van der Waals surface area (Å²) in [6.07, 6.45) is 1.46. The summed E-state index contributed by atoms with van der Waals surface area (Å²) >= 11 is 0. The molecule has 6 nitrogen and oxygen atoms in total. The van der Waals surface area contributed by atoms with Crippen molar-refractivity contribution < 1.29 is 13.9 Å². The molecule has 0 saturated carbocycles. The van der Waals surface area contributed by atoms with Gasteiger partial charge in [-0.25, -0.2) is 5.43 Å². The first-order valence-corrected chi connectivity index (χ1v) is 6.93. The predicted molar refractivity (Wildman–Crippen MR) is 85.7 cm³/mol. The van der Waals surface area contributed by atoms with Crippen molar-refractivity contribution in [2.45, 2.75) is 6.92 Å². The summed E-state index contributed by atoms with van der Waals surface area (Å²) < 4.78 is 10.8. The molecule has 2 rings (SSSR count). The Morgan fingerprint density at radius 2 is 2.00 bits per heavy atom. The van der Waals surface area contributed by atoms with Gasteiger partial charge in [0.2, 0.25) is 0 Å². The fraction of sp³-hybridized carbons (Fsp3) is 0.250. The SMILES string of the molecule is CCOc1ccc(C(=O)N/N=C/c2ccc(N(C)C)o2)cc1. The normalized spacial score (nSPS) is 10.7. The van der Waals surface area contributed by atoms with Crippen LogP contribution in [0.2, 0.25) is 0 Å². The van der Waals surface area contributed by atoms with Crippen LogP contribution in [0.1, 0.15) is 23.0 Å². The summed E-state index contributed by atoms with van der Waals surface area (Å²) in [5.41, 5.74) is 2.96. The van der Waals surface area contributed by atoms with Gasteiger partial charge in [-0.05, 0) is 37.3 Å². The molecule has 1 amide bonds. The van der Waals surface area contributed by atoms with Gasteiger partial charge >= 0.3 is 0 Å². The molecule has 0 spiro atoms. The van der Waals surface area contributed by atoms with Crippen LogP contribution in [0.4, 0.5) is 5.88 Å². The second-order valence-electron chi connectivity index (χ2n) is 4.73. The first-order valence-electron chi connectivity index (χ1n) is 6.93. The quantitative estimate of drug-likeness (QED) is 0.657. The van der Waals surface area contributed by atoms with Crippen molar-refractivity contribution in [3.8, 4) is 5.75 Å². The summed E-state index contributed by atoms with van der Waals surface area (Å²) in [6, 6.07) is 10.5. The maximum absolute atomic E-state index is 11.9. The molecule has 1 aromatic carbocycles. The number of hydrazone groups is 1. The van der Waals surface area contributed by atoms with Crippen LogP contribution in [0.25, 0.3) is 0 Å². The third-order valence-corrected chi connectivity index (χ3v) is 2.84. The molecule has 0 fully saturated rings. The molecule has 1 heterocycles. The lowest BCUT2D eigenvalue weighted by atomic mass is 10.2. The lowest BCUT2D eigenvalue weighted by molar-refractivity contribution is 0.0955. The fourth-order valence-electron chi connectivity index (χ4n) is 1.74. The number of nitrogens with zero attached hydrogens (tertiary/aromatic N) is 2. The maximum atomic E-state index is 11.9. The van der Waals surface area contributed by atoms with Crippen LogP contribution in [0.3, 0.4) is 0 Å². The van der Waals surface area contributed by atoms with Gasteiger partial charge < -0.3 is 14.1 Å². The molecule has 2 aromatic rings. The highest BCUT2D eigenvalue weighted by Crippen LogP contribution is 2.14. The van der Waals surface area contributed by atoms with Gasteiger partial charge in [-0.2, -0.15) is 5.10 Å². The van der Waals surface area contributed by atoms with Crippen LogP contribution >= 0.6 is 0 Å². The van der Waals surface area contributed by atoms with Crippen LogP contribution in [0, 0.1) is 0 Å². The standard InChI is InChI=1S/C16H19N3O3/c1-4-21-13-7-5-12(6-8-13)16(20)18-17-11-14-9-10-15(22-14)19(2)3/h5-11H,4H2,1-3H3,(H,18,20)/b17-11+. The molecule has 0 aliphatic heterocycles. The van der Waals surface area contributed by atoms with Gasteiger partial charge in [0.05, 0.1) is 12.8 Å². The molecule has 0 bridgehead atoms. The van der Waals surface area contributed by atoms with Crippen molar-refractivity contribution in [2.75, 3.05) is 25.6 Å². The summed E-state index contributed by atoms with van der Waals surface area (Å²) in [4.78, 5) is 13.8. The highest BCUT2D eigenvalue weighted by molar-refractivity contribution is 5.94. The van der Waals surface area contributed by atoms with Crippen molar-refractivity contribution >= 4 is 18.0 Å². The predicted octanol–water partition coefficient (Wildman–Crippen LogP) is 2.51. The van der Waals surface area contributed by atoms with Crippen molar-refractivity contribution in [1.29, 1.82) is 0 Å². The van der Waals surface area contributed by atoms with E-state index < -0.39 is 0 Å². The van der Waals surface area contributed by atoms with E-state index >= 15 is 0 Å². The summed E-state index contributed by atoms with van der Waals surface area (Å²) in [5.74, 6) is 1.73. The molecule has 0 aliphatic carbocycles. The number of ether oxygens (including phenoxy) is 1. The topological polar surface area (TPSA) is 67.1 Å². The number of anilines is 1. The molecule has 1 aromatic heterocycles. The molecule has 0 aliphatic rings. The zero-order chi connectivity index (χ0) is 15.9. The lowest BCUT2D eigenvalue weighted by Gasteiger charge is -2.05. The number of carbonyl (C=O) groups excluding carboxylic acids is 1. The highest BCUT2D eigenvalue weighted by Gasteiger charge is 2.05. The van der Waals surface area contributed by atoms with E-state index in [1.165, 1.54) is 6.21 Å². The molecule has 0 unspecified atom stereocenters. The number of benzene rings is 1. The molecule has 22 heavy (non-hydrogen) atoms. The summed E-state index contributed by atoms with van der Waals surface area (Å²) in [7, 11) is 3.76. The Hall–Kier alpha value is -2.76. The van der Waals surface area contributed by atoms with E-state index in [-0.39, 0.29) is 5.91 Å². The van der Waals surface area contributed by atoms with E-state index in [1.54, 1.807) is 30.3 Å². The van der Waals surface area contributed by atoms with Crippen LogP contribution in [0.5, 0.6) is 5.75 Å². The summed E-state index contributed by atoms with van der Waals surface area (Å²) in [6.45, 7) is 2.50. The second kappa shape index (κ2) is 7.31. The minimum atomic E-state index is -0.293. The van der Waals surface area contributed by atoms with E-state index in [9.17, 15) is 4.79 Å². The largest absolute Gasteiger partial charge is 0.494 e. The van der Waals surface area contributed by atoms with Gasteiger partial charge in [-0.15, -0.1) is 0 Å². The maximum Gasteiger partial charge on any atom is 0.271 e. The zero-order valence-corrected chi connectivity index (χ0v) is 12.9. The van der Waals surface area contributed by atoms with Gasteiger partial charge in [0.25, 0.3) is 5.91 Å². The third kappa shape index (κ3) is 4.12. The van der Waals surface area contributed by atoms with Gasteiger partial charge in [0.15, 0.2) is 5.88 Å². The smallest absolute Gasteiger partial charge is 0.271 e. The Morgan fingerprint density at radius 3 is 2.59 bits per heavy atom. The van der Waals surface area contributed by atoms with E-state index in [2.05, 4.69) is 10.5 Å². The molecule has 0 saturated heterocycles. The summed E-state index contributed by atoms with van der Waals surface area (Å²) in [5, 5.41) is 3.88. The van der Waals surface area contributed by atoms with Crippen LogP contribution < -0.4 is 15.1 Å². The second-order valence-corrected chi connectivity index (χ2v) is 4.73. The van der Waals surface area contributed by atoms with Gasteiger partial charge in [0, 0.05) is 25.7 Å². The molecule has 6 heteroatoms. The van der Waals surface area contributed by atoms with Crippen molar-refractivity contribution in [3.05, 3.63) is 47.7 Å². The third-order valence-electron chi connectivity index (χ3n) is 2.84. The molecule has 0 atom stereocenters. The highest BCUT2D eigenvalue weighted by atomic mass is 16.5. The molecule has 1 N–H and O–H groups in total. The Kier molecular flexibility index (Phi) is 5.19. The average Bonchev–Trinajstić information content (AvgIpc) is 2.97. The number of rotatable bonds is 6. The Bertz CT molecular complexity index is 645. The average molecular weight is 301 g/mol. The van der Waals surface area contributed by atoms with E-state index in [0.717, 1.165) is 11.6 Å². The van der Waals surface area contributed by atoms with Crippen LogP contribution in [-0.4, -0.2) is 32.8 Å². The Morgan fingerprint density at radius 1 is 1.27 bits per heavy atom. The molecular formula is C16H19N3O3. The number of hydrogen-bond donors (Lipinski definition) is 1. The molecular weight excluding hydrogens is 282 g/mol. The monoisotopic (exact) mass is 301 g/mol. The Balaban J connectivity index is 1.92. The van der Waals surface area contributed by atoms with E-state index in [0.29, 0.717) is 17.9 Å². The van der Waals surface area contributed by atoms with Crippen molar-refractivity contribution in [2.24, 2.45) is 5.10 Å². The minimum absolute atomic E-state index is 0.293. The van der Waals surface area contributed by atoms with E-state index in [1.807, 2.05) is 32.0 Å². The van der Waals surface area contributed by atoms with Crippen LogP contribution in [0.15, 0.2) is 45.9 Å². The number of nitrogens with one attached hydrogen (secondary N) is 1. The fourth-order valence-corrected chi connectivity index (χ4v) is 1.74. The van der Waals surface area contributed by atoms with Gasteiger partial charge in [-0.3, -0.25) is 4.79 Å². The zero-order valence-electron chi connectivity index (χ0n) is 12.9. The first-order chi connectivity index (χ1) is 10.6. The Labute approximate surface area is 129 Å². The van der Waals surface area contributed by atoms with Crippen molar-refractivity contribution in [1.82, 2.24) is 5.43 Å². The molecule has 0 radical (unpaired) electrons. The van der Waals surface area contributed by atoms with Crippen molar-refractivity contribution in [3.63, 3.8) is 0 Å². The van der Waals surface area contributed by atoms with E-state index in [4.69, 9.17) is 9.15 Å².